The van der Waals surface area contributed by atoms with Crippen LogP contribution in [0.5, 0.6) is 0 Å². The van der Waals surface area contributed by atoms with Crippen LogP contribution in [0.4, 0.5) is 0 Å². The van der Waals surface area contributed by atoms with Crippen LogP contribution in [0.2, 0.25) is 0 Å². The summed E-state index contributed by atoms with van der Waals surface area (Å²) in [5.74, 6) is -0.347. The molecule has 2 rings (SSSR count). The van der Waals surface area contributed by atoms with Crippen LogP contribution in [-0.2, 0) is 6.54 Å². The maximum absolute atomic E-state index is 10.9. The quantitative estimate of drug-likeness (QED) is 0.883. The number of carbonyl (C=O) groups is 1. The van der Waals surface area contributed by atoms with Crippen LogP contribution in [-0.4, -0.2) is 59.1 Å². The lowest BCUT2D eigenvalue weighted by molar-refractivity contribution is 0.0690. The number of nitrogens with zero attached hydrogens (tertiary/aromatic N) is 3. The van der Waals surface area contributed by atoms with Gasteiger partial charge in [0.15, 0.2) is 0 Å². The minimum Gasteiger partial charge on any atom is -0.477 e. The molecule has 1 aromatic heterocycles. The normalized spacial score (nSPS) is 24.0. The van der Waals surface area contributed by atoms with Crippen LogP contribution in [0.25, 0.3) is 0 Å². The number of hydrogen-bond donors (Lipinski definition) is 1. The number of pyridine rings is 1. The largest absolute Gasteiger partial charge is 0.477 e. The summed E-state index contributed by atoms with van der Waals surface area (Å²) in [6, 6.07) is 5.73. The maximum Gasteiger partial charge on any atom is 0.354 e. The summed E-state index contributed by atoms with van der Waals surface area (Å²) < 4.78 is 0. The standard InChI is InChI=1S/C14H21N3O2/c1-10-7-17(9-13(10)16(2)3)8-11-5-4-6-12(15-11)14(18)19/h4-6,10,13H,7-9H2,1-3H3,(H,18,19). The van der Waals surface area contributed by atoms with Crippen molar-refractivity contribution in [1.82, 2.24) is 14.8 Å². The van der Waals surface area contributed by atoms with E-state index in [2.05, 4.69) is 35.8 Å². The highest BCUT2D eigenvalue weighted by molar-refractivity contribution is 5.85. The van der Waals surface area contributed by atoms with Gasteiger partial charge in [-0.3, -0.25) is 4.90 Å². The predicted octanol–water partition coefficient (Wildman–Crippen LogP) is 1.16. The molecule has 1 aromatic rings. The first-order chi connectivity index (χ1) is 8.97. The van der Waals surface area contributed by atoms with E-state index < -0.39 is 5.97 Å². The Hall–Kier alpha value is -1.46. The van der Waals surface area contributed by atoms with E-state index in [0.717, 1.165) is 25.3 Å². The topological polar surface area (TPSA) is 56.7 Å². The van der Waals surface area contributed by atoms with Crippen LogP contribution < -0.4 is 0 Å². The molecule has 5 nitrogen and oxygen atoms in total. The van der Waals surface area contributed by atoms with Crippen molar-refractivity contribution in [2.45, 2.75) is 19.5 Å². The summed E-state index contributed by atoms with van der Waals surface area (Å²) in [6.07, 6.45) is 0. The van der Waals surface area contributed by atoms with Crippen molar-refractivity contribution >= 4 is 5.97 Å². The van der Waals surface area contributed by atoms with Gasteiger partial charge in [0.05, 0.1) is 5.69 Å². The van der Waals surface area contributed by atoms with Crippen LogP contribution in [0.15, 0.2) is 18.2 Å². The molecule has 1 aliphatic heterocycles. The van der Waals surface area contributed by atoms with E-state index >= 15 is 0 Å². The van der Waals surface area contributed by atoms with E-state index in [1.807, 2.05) is 6.07 Å². The lowest BCUT2D eigenvalue weighted by Crippen LogP contribution is -2.34. The molecular formula is C14H21N3O2. The molecule has 19 heavy (non-hydrogen) atoms. The van der Waals surface area contributed by atoms with Crippen molar-refractivity contribution in [2.75, 3.05) is 27.2 Å². The van der Waals surface area contributed by atoms with E-state index in [4.69, 9.17) is 5.11 Å². The van der Waals surface area contributed by atoms with Crippen LogP contribution in [0.1, 0.15) is 23.1 Å². The Balaban J connectivity index is 2.02. The van der Waals surface area contributed by atoms with Crippen molar-refractivity contribution < 1.29 is 9.90 Å². The summed E-state index contributed by atoms with van der Waals surface area (Å²) in [5, 5.41) is 8.94. The number of hydrogen-bond acceptors (Lipinski definition) is 4. The van der Waals surface area contributed by atoms with Crippen LogP contribution >= 0.6 is 0 Å². The van der Waals surface area contributed by atoms with Crippen molar-refractivity contribution in [2.24, 2.45) is 5.92 Å². The highest BCUT2D eigenvalue weighted by Crippen LogP contribution is 2.21. The van der Waals surface area contributed by atoms with Crippen molar-refractivity contribution in [3.05, 3.63) is 29.6 Å². The van der Waals surface area contributed by atoms with Gasteiger partial charge in [-0.2, -0.15) is 0 Å². The molecule has 2 heterocycles. The Kier molecular flexibility index (Phi) is 4.17. The zero-order chi connectivity index (χ0) is 14.0. The molecule has 1 N–H and O–H groups in total. The summed E-state index contributed by atoms with van der Waals surface area (Å²) in [7, 11) is 4.21. The zero-order valence-electron chi connectivity index (χ0n) is 11.7. The van der Waals surface area contributed by atoms with Gasteiger partial charge in [-0.15, -0.1) is 0 Å². The summed E-state index contributed by atoms with van der Waals surface area (Å²) in [6.45, 7) is 5.01. The third-order valence-electron chi connectivity index (χ3n) is 3.72. The fourth-order valence-electron chi connectivity index (χ4n) is 2.77. The van der Waals surface area contributed by atoms with E-state index in [9.17, 15) is 4.79 Å². The minimum absolute atomic E-state index is 0.119. The summed E-state index contributed by atoms with van der Waals surface area (Å²) in [4.78, 5) is 19.7. The third-order valence-corrected chi connectivity index (χ3v) is 3.72. The molecule has 2 unspecified atom stereocenters. The van der Waals surface area contributed by atoms with Gasteiger partial charge in [0.25, 0.3) is 0 Å². The second kappa shape index (κ2) is 5.67. The fourth-order valence-corrected chi connectivity index (χ4v) is 2.77. The lowest BCUT2D eigenvalue weighted by Gasteiger charge is -2.22. The molecule has 104 valence electrons. The third kappa shape index (κ3) is 3.30. The summed E-state index contributed by atoms with van der Waals surface area (Å²) in [5.41, 5.74) is 0.945. The van der Waals surface area contributed by atoms with Gasteiger partial charge in [-0.25, -0.2) is 9.78 Å². The molecule has 5 heteroatoms. The molecule has 0 aromatic carbocycles. The molecule has 0 aliphatic carbocycles. The van der Waals surface area contributed by atoms with Crippen molar-refractivity contribution in [3.8, 4) is 0 Å². The highest BCUT2D eigenvalue weighted by atomic mass is 16.4. The lowest BCUT2D eigenvalue weighted by atomic mass is 10.1. The molecule has 1 aliphatic rings. The number of rotatable bonds is 4. The Morgan fingerprint density at radius 2 is 2.21 bits per heavy atom. The highest BCUT2D eigenvalue weighted by Gasteiger charge is 2.30. The van der Waals surface area contributed by atoms with Gasteiger partial charge >= 0.3 is 5.97 Å². The monoisotopic (exact) mass is 263 g/mol. The van der Waals surface area contributed by atoms with Gasteiger partial charge in [0.2, 0.25) is 0 Å². The second-order valence-electron chi connectivity index (χ2n) is 5.52. The molecule has 0 saturated carbocycles. The first kappa shape index (κ1) is 14.0. The maximum atomic E-state index is 10.9. The molecule has 0 spiro atoms. The van der Waals surface area contributed by atoms with Gasteiger partial charge in [-0.1, -0.05) is 13.0 Å². The molecule has 1 fully saturated rings. The Morgan fingerprint density at radius 1 is 1.47 bits per heavy atom. The molecule has 1 saturated heterocycles. The van der Waals surface area contributed by atoms with Gasteiger partial charge in [0, 0.05) is 25.7 Å². The number of likely N-dealkylation sites (N-methyl/N-ethyl adjacent to an activating group) is 1. The number of carboxylic acid groups (broad SMARTS) is 1. The predicted molar refractivity (Wildman–Crippen MR) is 73.1 cm³/mol. The first-order valence-corrected chi connectivity index (χ1v) is 6.55. The number of aromatic nitrogens is 1. The number of carboxylic acids is 1. The Bertz CT molecular complexity index is 462. The molecule has 0 amide bonds. The fraction of sp³-hybridized carbons (Fsp3) is 0.571. The van der Waals surface area contributed by atoms with Gasteiger partial charge in [0.1, 0.15) is 5.69 Å². The number of likely N-dealkylation sites (tertiary alicyclic amines) is 1. The molecule has 0 bridgehead atoms. The van der Waals surface area contributed by atoms with Gasteiger partial charge in [-0.05, 0) is 32.1 Å². The van der Waals surface area contributed by atoms with Crippen LogP contribution in [0.3, 0.4) is 0 Å². The van der Waals surface area contributed by atoms with Crippen molar-refractivity contribution in [1.29, 1.82) is 0 Å². The Labute approximate surface area is 113 Å². The number of aromatic carboxylic acids is 1. The molecule has 0 radical (unpaired) electrons. The first-order valence-electron chi connectivity index (χ1n) is 6.55. The molecule has 2 atom stereocenters. The minimum atomic E-state index is -0.970. The van der Waals surface area contributed by atoms with Crippen LogP contribution in [0, 0.1) is 5.92 Å². The van der Waals surface area contributed by atoms with Crippen molar-refractivity contribution in [3.63, 3.8) is 0 Å². The smallest absolute Gasteiger partial charge is 0.354 e. The van der Waals surface area contributed by atoms with Gasteiger partial charge < -0.3 is 10.0 Å². The second-order valence-corrected chi connectivity index (χ2v) is 5.52. The van der Waals surface area contributed by atoms with E-state index in [1.165, 1.54) is 6.07 Å². The SMILES string of the molecule is CC1CN(Cc2cccc(C(=O)O)n2)CC1N(C)C. The average molecular weight is 263 g/mol. The van der Waals surface area contributed by atoms with E-state index in [1.54, 1.807) is 6.07 Å². The zero-order valence-corrected chi connectivity index (χ0v) is 11.7. The summed E-state index contributed by atoms with van der Waals surface area (Å²) >= 11 is 0. The Morgan fingerprint density at radius 3 is 2.79 bits per heavy atom. The van der Waals surface area contributed by atoms with E-state index in [0.29, 0.717) is 12.0 Å². The van der Waals surface area contributed by atoms with E-state index in [-0.39, 0.29) is 5.69 Å². The molecular weight excluding hydrogens is 242 g/mol. The average Bonchev–Trinajstić information content (AvgIpc) is 2.70.